The maximum Gasteiger partial charge on any atom is 0.334 e. The van der Waals surface area contributed by atoms with E-state index in [0.29, 0.717) is 12.3 Å². The molecule has 0 amide bonds. The van der Waals surface area contributed by atoms with Gasteiger partial charge in [-0.05, 0) is 45.1 Å². The number of esters is 1. The first-order valence-electron chi connectivity index (χ1n) is 9.83. The molecule has 1 unspecified atom stereocenters. The Morgan fingerprint density at radius 2 is 1.77 bits per heavy atom. The van der Waals surface area contributed by atoms with Gasteiger partial charge in [-0.3, -0.25) is 4.90 Å². The van der Waals surface area contributed by atoms with Crippen molar-refractivity contribution in [2.24, 2.45) is 5.92 Å². The van der Waals surface area contributed by atoms with Gasteiger partial charge in [-0.25, -0.2) is 9.59 Å². The fourth-order valence-electron chi connectivity index (χ4n) is 3.18. The van der Waals surface area contributed by atoms with Crippen molar-refractivity contribution in [1.82, 2.24) is 4.90 Å². The van der Waals surface area contributed by atoms with Crippen molar-refractivity contribution >= 4 is 11.9 Å². The van der Waals surface area contributed by atoms with Crippen molar-refractivity contribution in [3.63, 3.8) is 0 Å². The first-order valence-corrected chi connectivity index (χ1v) is 9.83. The quantitative estimate of drug-likeness (QED) is 0.323. The molecule has 1 saturated heterocycles. The van der Waals surface area contributed by atoms with Crippen LogP contribution in [-0.2, 0) is 19.1 Å². The standard InChI is InChI=1S/C20H35NO5/c1-16(2)14-17(3)26-20(24)18(15-19(22)23)8-6-4-5-7-9-21-10-12-25-13-11-21/h15-17H,4-14H2,1-3H3,(H,22,23)/b18-15+. The number of morpholine rings is 1. The van der Waals surface area contributed by atoms with Crippen molar-refractivity contribution in [2.75, 3.05) is 32.8 Å². The summed E-state index contributed by atoms with van der Waals surface area (Å²) in [6.07, 6.45) is 6.01. The van der Waals surface area contributed by atoms with E-state index in [-0.39, 0.29) is 11.7 Å². The summed E-state index contributed by atoms with van der Waals surface area (Å²) in [4.78, 5) is 25.6. The monoisotopic (exact) mass is 369 g/mol. The van der Waals surface area contributed by atoms with E-state index >= 15 is 0 Å². The largest absolute Gasteiger partial charge is 0.478 e. The summed E-state index contributed by atoms with van der Waals surface area (Å²) in [6.45, 7) is 10.7. The Balaban J connectivity index is 2.28. The maximum absolute atomic E-state index is 12.2. The molecule has 6 heteroatoms. The molecule has 1 rings (SSSR count). The number of hydrogen-bond acceptors (Lipinski definition) is 5. The van der Waals surface area contributed by atoms with Gasteiger partial charge in [0.05, 0.1) is 19.3 Å². The molecule has 0 spiro atoms. The number of rotatable bonds is 12. The summed E-state index contributed by atoms with van der Waals surface area (Å²) in [5.41, 5.74) is 0.265. The van der Waals surface area contributed by atoms with E-state index in [1.807, 2.05) is 6.92 Å². The third-order valence-corrected chi connectivity index (χ3v) is 4.45. The molecule has 1 aliphatic rings. The van der Waals surface area contributed by atoms with Crippen molar-refractivity contribution in [1.29, 1.82) is 0 Å². The Morgan fingerprint density at radius 1 is 1.12 bits per heavy atom. The Hall–Kier alpha value is -1.40. The van der Waals surface area contributed by atoms with Gasteiger partial charge in [0.25, 0.3) is 0 Å². The average molecular weight is 370 g/mol. The molecule has 1 N–H and O–H groups in total. The van der Waals surface area contributed by atoms with Crippen LogP contribution >= 0.6 is 0 Å². The van der Waals surface area contributed by atoms with Crippen molar-refractivity contribution < 1.29 is 24.2 Å². The summed E-state index contributed by atoms with van der Waals surface area (Å²) in [7, 11) is 0. The van der Waals surface area contributed by atoms with Gasteiger partial charge in [0.1, 0.15) is 0 Å². The van der Waals surface area contributed by atoms with Crippen LogP contribution in [0.1, 0.15) is 59.3 Å². The number of aliphatic carboxylic acids is 1. The lowest BCUT2D eigenvalue weighted by molar-refractivity contribution is -0.145. The lowest BCUT2D eigenvalue weighted by Gasteiger charge is -2.26. The SMILES string of the molecule is CC(C)CC(C)OC(=O)/C(=C/C(=O)O)CCCCCCN1CCOCC1. The molecule has 0 aromatic carbocycles. The van der Waals surface area contributed by atoms with Gasteiger partial charge in [-0.15, -0.1) is 0 Å². The minimum Gasteiger partial charge on any atom is -0.478 e. The molecule has 1 aliphatic heterocycles. The van der Waals surface area contributed by atoms with Gasteiger partial charge in [0.15, 0.2) is 0 Å². The highest BCUT2D eigenvalue weighted by atomic mass is 16.5. The number of nitrogens with zero attached hydrogens (tertiary/aromatic N) is 1. The first kappa shape index (κ1) is 22.6. The smallest absolute Gasteiger partial charge is 0.334 e. The molecule has 0 saturated carbocycles. The third kappa shape index (κ3) is 10.6. The van der Waals surface area contributed by atoms with E-state index in [1.54, 1.807) is 0 Å². The number of carbonyl (C=O) groups excluding carboxylic acids is 1. The van der Waals surface area contributed by atoms with Crippen LogP contribution in [0.4, 0.5) is 0 Å². The van der Waals surface area contributed by atoms with Crippen molar-refractivity contribution in [2.45, 2.75) is 65.4 Å². The zero-order chi connectivity index (χ0) is 19.4. The normalized spacial score (nSPS) is 17.3. The van der Waals surface area contributed by atoms with Crippen LogP contribution in [-0.4, -0.2) is 60.9 Å². The fraction of sp³-hybridized carbons (Fsp3) is 0.800. The minimum atomic E-state index is -1.10. The summed E-state index contributed by atoms with van der Waals surface area (Å²) in [6, 6.07) is 0. The Bertz CT molecular complexity index is 455. The highest BCUT2D eigenvalue weighted by Crippen LogP contribution is 2.15. The Morgan fingerprint density at radius 3 is 2.38 bits per heavy atom. The van der Waals surface area contributed by atoms with Gasteiger partial charge in [-0.1, -0.05) is 26.7 Å². The molecule has 26 heavy (non-hydrogen) atoms. The van der Waals surface area contributed by atoms with Crippen LogP contribution in [0.25, 0.3) is 0 Å². The Kier molecular flexibility index (Phi) is 11.2. The number of carboxylic acid groups (broad SMARTS) is 1. The molecule has 1 heterocycles. The molecular weight excluding hydrogens is 334 g/mol. The zero-order valence-corrected chi connectivity index (χ0v) is 16.5. The van der Waals surface area contributed by atoms with Crippen LogP contribution in [0, 0.1) is 5.92 Å². The second-order valence-corrected chi connectivity index (χ2v) is 7.47. The fourth-order valence-corrected chi connectivity index (χ4v) is 3.18. The van der Waals surface area contributed by atoms with Crippen LogP contribution in [0.2, 0.25) is 0 Å². The molecule has 1 atom stereocenters. The van der Waals surface area contributed by atoms with Gasteiger partial charge in [-0.2, -0.15) is 0 Å². The molecule has 150 valence electrons. The van der Waals surface area contributed by atoms with Gasteiger partial charge in [0.2, 0.25) is 0 Å². The third-order valence-electron chi connectivity index (χ3n) is 4.45. The van der Waals surface area contributed by atoms with Crippen LogP contribution in [0.15, 0.2) is 11.6 Å². The van der Waals surface area contributed by atoms with Crippen LogP contribution in [0.3, 0.4) is 0 Å². The van der Waals surface area contributed by atoms with Crippen molar-refractivity contribution in [3.8, 4) is 0 Å². The van der Waals surface area contributed by atoms with E-state index < -0.39 is 11.9 Å². The molecule has 6 nitrogen and oxygen atoms in total. The highest BCUT2D eigenvalue weighted by molar-refractivity contribution is 5.95. The predicted octanol–water partition coefficient (Wildman–Crippen LogP) is 3.26. The maximum atomic E-state index is 12.2. The molecule has 0 aromatic rings. The van der Waals surface area contributed by atoms with Gasteiger partial charge < -0.3 is 14.6 Å². The van der Waals surface area contributed by atoms with Gasteiger partial charge in [0, 0.05) is 24.7 Å². The predicted molar refractivity (Wildman–Crippen MR) is 101 cm³/mol. The molecule has 0 bridgehead atoms. The molecule has 0 aliphatic carbocycles. The Labute approximate surface area is 157 Å². The summed E-state index contributed by atoms with van der Waals surface area (Å²) < 4.78 is 10.7. The number of carbonyl (C=O) groups is 2. The second kappa shape index (κ2) is 12.9. The number of carboxylic acids is 1. The summed E-state index contributed by atoms with van der Waals surface area (Å²) in [5, 5.41) is 9.00. The highest BCUT2D eigenvalue weighted by Gasteiger charge is 2.17. The molecule has 1 fully saturated rings. The lowest BCUT2D eigenvalue weighted by Crippen LogP contribution is -2.36. The van der Waals surface area contributed by atoms with Crippen molar-refractivity contribution in [3.05, 3.63) is 11.6 Å². The minimum absolute atomic E-state index is 0.201. The average Bonchev–Trinajstić information content (AvgIpc) is 2.56. The second-order valence-electron chi connectivity index (χ2n) is 7.47. The van der Waals surface area contributed by atoms with Crippen LogP contribution < -0.4 is 0 Å². The van der Waals surface area contributed by atoms with Gasteiger partial charge >= 0.3 is 11.9 Å². The number of hydrogen-bond donors (Lipinski definition) is 1. The number of unbranched alkanes of at least 4 members (excludes halogenated alkanes) is 3. The first-order chi connectivity index (χ1) is 12.4. The zero-order valence-electron chi connectivity index (χ0n) is 16.5. The molecule has 0 aromatic heterocycles. The number of ether oxygens (including phenoxy) is 2. The molecule has 0 radical (unpaired) electrons. The lowest BCUT2D eigenvalue weighted by atomic mass is 10.0. The van der Waals surface area contributed by atoms with Crippen LogP contribution in [0.5, 0.6) is 0 Å². The summed E-state index contributed by atoms with van der Waals surface area (Å²) >= 11 is 0. The summed E-state index contributed by atoms with van der Waals surface area (Å²) in [5.74, 6) is -1.16. The van der Waals surface area contributed by atoms with E-state index in [4.69, 9.17) is 14.6 Å². The topological polar surface area (TPSA) is 76.1 Å². The molecular formula is C20H35NO5. The van der Waals surface area contributed by atoms with E-state index in [2.05, 4.69) is 18.7 Å². The van der Waals surface area contributed by atoms with E-state index in [1.165, 1.54) is 0 Å². The van der Waals surface area contributed by atoms with E-state index in [0.717, 1.165) is 71.0 Å². The van der Waals surface area contributed by atoms with E-state index in [9.17, 15) is 9.59 Å².